The first-order chi connectivity index (χ1) is 22.4. The van der Waals surface area contributed by atoms with E-state index in [0.29, 0.717) is 28.4 Å². The predicted octanol–water partition coefficient (Wildman–Crippen LogP) is 7.65. The number of carbonyl (C=O) groups excluding carboxylic acids is 3. The van der Waals surface area contributed by atoms with E-state index in [0.717, 1.165) is 16.0 Å². The Balaban J connectivity index is 1.37. The average Bonchev–Trinajstić information content (AvgIpc) is 3.61. The smallest absolute Gasteiger partial charge is 0.272 e. The molecular formula is C36H31N3O5S2. The van der Waals surface area contributed by atoms with Crippen LogP contribution in [0.1, 0.15) is 26.7 Å². The minimum absolute atomic E-state index is 0.0964. The predicted molar refractivity (Wildman–Crippen MR) is 184 cm³/mol. The van der Waals surface area contributed by atoms with Gasteiger partial charge in [-0.15, -0.1) is 11.8 Å². The highest BCUT2D eigenvalue weighted by molar-refractivity contribution is 8.00. The van der Waals surface area contributed by atoms with E-state index in [1.54, 1.807) is 73.8 Å². The Bertz CT molecular complexity index is 1830. The molecule has 10 heteroatoms. The summed E-state index contributed by atoms with van der Waals surface area (Å²) in [6, 6.07) is 32.4. The van der Waals surface area contributed by atoms with Gasteiger partial charge in [-0.25, -0.2) is 0 Å². The monoisotopic (exact) mass is 649 g/mol. The lowest BCUT2D eigenvalue weighted by molar-refractivity contribution is -0.116. The summed E-state index contributed by atoms with van der Waals surface area (Å²) in [5.41, 5.74) is 3.10. The largest absolute Gasteiger partial charge is 0.497 e. The van der Waals surface area contributed by atoms with Gasteiger partial charge in [0.15, 0.2) is 0 Å². The molecule has 0 saturated heterocycles. The van der Waals surface area contributed by atoms with Gasteiger partial charge in [-0.2, -0.15) is 11.3 Å². The van der Waals surface area contributed by atoms with Gasteiger partial charge in [0.2, 0.25) is 5.91 Å². The summed E-state index contributed by atoms with van der Waals surface area (Å²) in [5, 5.41) is 11.8. The second-order valence-corrected chi connectivity index (χ2v) is 11.8. The van der Waals surface area contributed by atoms with Gasteiger partial charge in [0.05, 0.1) is 19.9 Å². The third-order valence-corrected chi connectivity index (χ3v) is 8.68. The van der Waals surface area contributed by atoms with Gasteiger partial charge in [0.25, 0.3) is 11.8 Å². The molecule has 0 saturated carbocycles. The molecule has 0 bridgehead atoms. The van der Waals surface area contributed by atoms with Crippen LogP contribution in [0.2, 0.25) is 0 Å². The fourth-order valence-corrected chi connectivity index (χ4v) is 6.16. The average molecular weight is 650 g/mol. The van der Waals surface area contributed by atoms with Gasteiger partial charge in [0, 0.05) is 22.2 Å². The highest BCUT2D eigenvalue weighted by Gasteiger charge is 2.24. The lowest BCUT2D eigenvalue weighted by Gasteiger charge is -2.19. The molecule has 5 rings (SSSR count). The van der Waals surface area contributed by atoms with E-state index in [4.69, 9.17) is 9.47 Å². The van der Waals surface area contributed by atoms with E-state index < -0.39 is 17.1 Å². The highest BCUT2D eigenvalue weighted by Crippen LogP contribution is 2.38. The first-order valence-electron chi connectivity index (χ1n) is 14.2. The summed E-state index contributed by atoms with van der Waals surface area (Å²) >= 11 is 2.82. The maximum Gasteiger partial charge on any atom is 0.272 e. The van der Waals surface area contributed by atoms with Crippen molar-refractivity contribution in [3.8, 4) is 11.5 Å². The molecule has 1 unspecified atom stereocenters. The fourth-order valence-electron chi connectivity index (χ4n) is 4.46. The molecule has 4 aromatic carbocycles. The summed E-state index contributed by atoms with van der Waals surface area (Å²) in [5.74, 6) is -0.0648. The van der Waals surface area contributed by atoms with Gasteiger partial charge in [-0.1, -0.05) is 54.6 Å². The number of amides is 3. The number of thioether (sulfide) groups is 1. The van der Waals surface area contributed by atoms with Crippen LogP contribution in [-0.4, -0.2) is 31.9 Å². The summed E-state index contributed by atoms with van der Waals surface area (Å²) in [6.45, 7) is 0. The lowest BCUT2D eigenvalue weighted by atomic mass is 10.1. The Morgan fingerprint density at radius 2 is 1.57 bits per heavy atom. The number of hydrogen-bond donors (Lipinski definition) is 3. The van der Waals surface area contributed by atoms with Crippen LogP contribution in [0.15, 0.2) is 131 Å². The van der Waals surface area contributed by atoms with E-state index >= 15 is 0 Å². The normalized spacial score (nSPS) is 11.7. The Labute approximate surface area is 275 Å². The number of rotatable bonds is 12. The van der Waals surface area contributed by atoms with Crippen molar-refractivity contribution in [2.45, 2.75) is 10.1 Å². The molecule has 0 radical (unpaired) electrons. The summed E-state index contributed by atoms with van der Waals surface area (Å²) in [6.07, 6.45) is 1.63. The number of carbonyl (C=O) groups is 3. The molecule has 0 aliphatic rings. The summed E-state index contributed by atoms with van der Waals surface area (Å²) < 4.78 is 10.8. The molecule has 0 aliphatic carbocycles. The zero-order chi connectivity index (χ0) is 32.3. The zero-order valence-electron chi connectivity index (χ0n) is 25.1. The lowest BCUT2D eigenvalue weighted by Crippen LogP contribution is -2.30. The molecule has 5 aromatic rings. The number of methoxy groups -OCH3 is 2. The molecule has 0 spiro atoms. The number of nitrogens with one attached hydrogen (secondary N) is 3. The number of hydrogen-bond acceptors (Lipinski definition) is 7. The van der Waals surface area contributed by atoms with E-state index in [1.165, 1.54) is 30.2 Å². The number of thiophene rings is 1. The fraction of sp³-hybridized carbons (Fsp3) is 0.0833. The van der Waals surface area contributed by atoms with Crippen LogP contribution in [0.4, 0.5) is 11.4 Å². The first-order valence-corrected chi connectivity index (χ1v) is 16.0. The molecule has 232 valence electrons. The first kappa shape index (κ1) is 32.1. The Morgan fingerprint density at radius 3 is 2.26 bits per heavy atom. The van der Waals surface area contributed by atoms with Crippen molar-refractivity contribution in [3.05, 3.63) is 142 Å². The molecular weight excluding hydrogens is 619 g/mol. The van der Waals surface area contributed by atoms with E-state index in [1.807, 2.05) is 59.3 Å². The van der Waals surface area contributed by atoms with Crippen LogP contribution in [0, 0.1) is 0 Å². The Kier molecular flexibility index (Phi) is 10.9. The SMILES string of the molecule is COc1ccc(OC)c(NC(=O)C(Sc2cccc(NC(=O)/C(=C/c3ccsc3)NC(=O)c3ccccc3)c2)c2ccccc2)c1. The summed E-state index contributed by atoms with van der Waals surface area (Å²) in [7, 11) is 3.09. The molecule has 1 atom stereocenters. The second kappa shape index (κ2) is 15.6. The van der Waals surface area contributed by atoms with Crippen LogP contribution in [0.25, 0.3) is 6.08 Å². The quantitative estimate of drug-likeness (QED) is 0.0948. The number of ether oxygens (including phenoxy) is 2. The van der Waals surface area contributed by atoms with Crippen molar-refractivity contribution in [1.82, 2.24) is 5.32 Å². The molecule has 1 heterocycles. The van der Waals surface area contributed by atoms with Crippen molar-refractivity contribution in [2.24, 2.45) is 0 Å². The number of benzene rings is 4. The third-order valence-electron chi connectivity index (χ3n) is 6.73. The molecule has 3 N–H and O–H groups in total. The maximum atomic E-state index is 13.8. The van der Waals surface area contributed by atoms with Crippen molar-refractivity contribution >= 4 is 58.3 Å². The maximum absolute atomic E-state index is 13.8. The van der Waals surface area contributed by atoms with Gasteiger partial charge in [0.1, 0.15) is 22.4 Å². The van der Waals surface area contributed by atoms with Crippen LogP contribution in [-0.2, 0) is 9.59 Å². The van der Waals surface area contributed by atoms with Crippen molar-refractivity contribution in [3.63, 3.8) is 0 Å². The molecule has 0 aliphatic heterocycles. The zero-order valence-corrected chi connectivity index (χ0v) is 26.7. The minimum Gasteiger partial charge on any atom is -0.497 e. The Hall–Kier alpha value is -5.32. The van der Waals surface area contributed by atoms with Crippen molar-refractivity contribution in [1.29, 1.82) is 0 Å². The van der Waals surface area contributed by atoms with Crippen molar-refractivity contribution < 1.29 is 23.9 Å². The van der Waals surface area contributed by atoms with Crippen LogP contribution in [0.5, 0.6) is 11.5 Å². The molecule has 46 heavy (non-hydrogen) atoms. The van der Waals surface area contributed by atoms with Gasteiger partial charge in [-0.3, -0.25) is 14.4 Å². The number of anilines is 2. The van der Waals surface area contributed by atoms with E-state index in [9.17, 15) is 14.4 Å². The standard InChI is InChI=1S/C36H31N3O5S2/c1-43-28-16-17-32(44-2)30(22-28)38-36(42)33(25-10-5-3-6-11-25)46-29-15-9-14-27(21-29)37-35(41)31(20-24-18-19-45-23-24)39-34(40)26-12-7-4-8-13-26/h3-23,33H,1-2H3,(H,37,41)(H,38,42)(H,39,40)/b31-20-. The van der Waals surface area contributed by atoms with Crippen LogP contribution in [0.3, 0.4) is 0 Å². The summed E-state index contributed by atoms with van der Waals surface area (Å²) in [4.78, 5) is 40.9. The highest BCUT2D eigenvalue weighted by atomic mass is 32.2. The Morgan fingerprint density at radius 1 is 0.804 bits per heavy atom. The van der Waals surface area contributed by atoms with Crippen molar-refractivity contribution in [2.75, 3.05) is 24.9 Å². The third kappa shape index (κ3) is 8.44. The molecule has 0 fully saturated rings. The molecule has 8 nitrogen and oxygen atoms in total. The second-order valence-electron chi connectivity index (χ2n) is 9.88. The van der Waals surface area contributed by atoms with Gasteiger partial charge < -0.3 is 25.4 Å². The molecule has 3 amide bonds. The van der Waals surface area contributed by atoms with Crippen LogP contribution < -0.4 is 25.4 Å². The van der Waals surface area contributed by atoms with E-state index in [2.05, 4.69) is 16.0 Å². The van der Waals surface area contributed by atoms with E-state index in [-0.39, 0.29) is 11.6 Å². The topological polar surface area (TPSA) is 106 Å². The van der Waals surface area contributed by atoms with Crippen LogP contribution >= 0.6 is 23.1 Å². The minimum atomic E-state index is -0.637. The van der Waals surface area contributed by atoms with Gasteiger partial charge in [-0.05, 0) is 76.5 Å². The van der Waals surface area contributed by atoms with Gasteiger partial charge >= 0.3 is 0 Å². The molecule has 1 aromatic heterocycles.